The normalized spacial score (nSPS) is 21.0. The van der Waals surface area contributed by atoms with Gasteiger partial charge < -0.3 is 10.6 Å². The van der Waals surface area contributed by atoms with Gasteiger partial charge in [0.05, 0.1) is 19.0 Å². The maximum absolute atomic E-state index is 11.6. The lowest BCUT2D eigenvalue weighted by Crippen LogP contribution is -2.46. The Morgan fingerprint density at radius 3 is 2.63 bits per heavy atom. The van der Waals surface area contributed by atoms with Crippen LogP contribution < -0.4 is 10.6 Å². The van der Waals surface area contributed by atoms with Crippen LogP contribution in [0.2, 0.25) is 0 Å². The molecule has 0 spiro atoms. The number of nitriles is 1. The predicted octanol–water partition coefficient (Wildman–Crippen LogP) is 0.480. The van der Waals surface area contributed by atoms with Gasteiger partial charge in [-0.2, -0.15) is 5.26 Å². The van der Waals surface area contributed by atoms with Crippen molar-refractivity contribution >= 4 is 5.91 Å². The van der Waals surface area contributed by atoms with E-state index in [0.717, 1.165) is 31.8 Å². The molecule has 0 bridgehead atoms. The summed E-state index contributed by atoms with van der Waals surface area (Å²) >= 11 is 0. The Morgan fingerprint density at radius 1 is 1.26 bits per heavy atom. The molecule has 19 heavy (non-hydrogen) atoms. The van der Waals surface area contributed by atoms with Gasteiger partial charge in [0, 0.05) is 25.7 Å². The first-order valence-corrected chi connectivity index (χ1v) is 7.37. The third-order valence-corrected chi connectivity index (χ3v) is 3.91. The summed E-state index contributed by atoms with van der Waals surface area (Å²) in [6, 6.07) is 2.66. The summed E-state index contributed by atoms with van der Waals surface area (Å²) in [6.07, 6.45) is 5.46. The van der Waals surface area contributed by atoms with Crippen LogP contribution in [0.4, 0.5) is 0 Å². The number of piperidine rings is 1. The molecule has 1 aliphatic heterocycles. The minimum atomic E-state index is 0.0413. The zero-order valence-corrected chi connectivity index (χ0v) is 11.5. The Labute approximate surface area is 115 Å². The number of rotatable bonds is 7. The summed E-state index contributed by atoms with van der Waals surface area (Å²) < 4.78 is 0. The van der Waals surface area contributed by atoms with E-state index in [1.165, 1.54) is 19.4 Å². The number of likely N-dealkylation sites (tertiary alicyclic amines) is 1. The summed E-state index contributed by atoms with van der Waals surface area (Å²) in [6.45, 7) is 4.11. The quantitative estimate of drug-likeness (QED) is 0.656. The minimum Gasteiger partial charge on any atom is -0.354 e. The van der Waals surface area contributed by atoms with Crippen molar-refractivity contribution in [2.24, 2.45) is 5.92 Å². The van der Waals surface area contributed by atoms with Crippen LogP contribution in [0.5, 0.6) is 0 Å². The Morgan fingerprint density at radius 2 is 2.00 bits per heavy atom. The number of amides is 1. The van der Waals surface area contributed by atoms with E-state index in [-0.39, 0.29) is 5.91 Å². The SMILES string of the molecule is N#CCCNC(=O)CN1CCC(NCC2CC2)CC1. The largest absolute Gasteiger partial charge is 0.354 e. The molecule has 0 radical (unpaired) electrons. The average Bonchev–Trinajstić information content (AvgIpc) is 3.22. The van der Waals surface area contributed by atoms with Gasteiger partial charge in [0.15, 0.2) is 0 Å². The maximum Gasteiger partial charge on any atom is 0.234 e. The summed E-state index contributed by atoms with van der Waals surface area (Å²) in [5, 5.41) is 14.8. The second-order valence-electron chi connectivity index (χ2n) is 5.66. The van der Waals surface area contributed by atoms with Crippen molar-refractivity contribution in [1.29, 1.82) is 5.26 Å². The van der Waals surface area contributed by atoms with E-state index in [9.17, 15) is 4.79 Å². The molecule has 1 aliphatic carbocycles. The van der Waals surface area contributed by atoms with Crippen molar-refractivity contribution in [3.05, 3.63) is 0 Å². The molecule has 0 aromatic heterocycles. The maximum atomic E-state index is 11.6. The zero-order chi connectivity index (χ0) is 13.5. The molecule has 1 heterocycles. The van der Waals surface area contributed by atoms with Crippen LogP contribution in [-0.4, -0.2) is 49.6 Å². The first-order chi connectivity index (χ1) is 9.28. The number of carbonyl (C=O) groups excluding carboxylic acids is 1. The molecular weight excluding hydrogens is 240 g/mol. The van der Waals surface area contributed by atoms with E-state index in [1.54, 1.807) is 0 Å². The summed E-state index contributed by atoms with van der Waals surface area (Å²) in [5.74, 6) is 0.976. The summed E-state index contributed by atoms with van der Waals surface area (Å²) in [7, 11) is 0. The molecule has 1 saturated heterocycles. The predicted molar refractivity (Wildman–Crippen MR) is 73.4 cm³/mol. The third kappa shape index (κ3) is 5.58. The zero-order valence-electron chi connectivity index (χ0n) is 11.5. The molecule has 1 saturated carbocycles. The number of hydrogen-bond donors (Lipinski definition) is 2. The van der Waals surface area contributed by atoms with Crippen LogP contribution in [0, 0.1) is 17.2 Å². The third-order valence-electron chi connectivity index (χ3n) is 3.91. The van der Waals surface area contributed by atoms with Crippen molar-refractivity contribution in [1.82, 2.24) is 15.5 Å². The number of nitrogens with zero attached hydrogens (tertiary/aromatic N) is 2. The van der Waals surface area contributed by atoms with E-state index >= 15 is 0 Å². The molecule has 5 heteroatoms. The van der Waals surface area contributed by atoms with Gasteiger partial charge in [0.1, 0.15) is 0 Å². The molecule has 2 N–H and O–H groups in total. The van der Waals surface area contributed by atoms with Crippen LogP contribution in [0.1, 0.15) is 32.1 Å². The van der Waals surface area contributed by atoms with Crippen LogP contribution in [0.25, 0.3) is 0 Å². The Kier molecular flexibility index (Phi) is 5.62. The molecule has 0 aromatic carbocycles. The molecular formula is C14H24N4O. The molecule has 0 unspecified atom stereocenters. The molecule has 2 rings (SSSR count). The van der Waals surface area contributed by atoms with Crippen molar-refractivity contribution < 1.29 is 4.79 Å². The Balaban J connectivity index is 1.54. The fourth-order valence-corrected chi connectivity index (χ4v) is 2.47. The molecule has 5 nitrogen and oxygen atoms in total. The number of hydrogen-bond acceptors (Lipinski definition) is 4. The highest BCUT2D eigenvalue weighted by Crippen LogP contribution is 2.28. The fraction of sp³-hybridized carbons (Fsp3) is 0.857. The van der Waals surface area contributed by atoms with Gasteiger partial charge in [-0.25, -0.2) is 0 Å². The first-order valence-electron chi connectivity index (χ1n) is 7.37. The van der Waals surface area contributed by atoms with Gasteiger partial charge in [-0.15, -0.1) is 0 Å². The highest BCUT2D eigenvalue weighted by atomic mass is 16.2. The van der Waals surface area contributed by atoms with Crippen molar-refractivity contribution in [3.8, 4) is 6.07 Å². The Hall–Kier alpha value is -1.12. The highest BCUT2D eigenvalue weighted by Gasteiger charge is 2.24. The minimum absolute atomic E-state index is 0.0413. The van der Waals surface area contributed by atoms with Gasteiger partial charge >= 0.3 is 0 Å². The standard InChI is InChI=1S/C14H24N4O/c15-6-1-7-16-14(19)11-18-8-4-13(5-9-18)17-10-12-2-3-12/h12-13,17H,1-5,7-11H2,(H,16,19). The van der Waals surface area contributed by atoms with Gasteiger partial charge in [-0.3, -0.25) is 9.69 Å². The van der Waals surface area contributed by atoms with Gasteiger partial charge in [-0.05, 0) is 38.1 Å². The average molecular weight is 264 g/mol. The topological polar surface area (TPSA) is 68.2 Å². The van der Waals surface area contributed by atoms with Gasteiger partial charge in [0.2, 0.25) is 5.91 Å². The van der Waals surface area contributed by atoms with E-state index in [2.05, 4.69) is 15.5 Å². The summed E-state index contributed by atoms with van der Waals surface area (Å²) in [4.78, 5) is 13.8. The van der Waals surface area contributed by atoms with Crippen LogP contribution >= 0.6 is 0 Å². The first kappa shape index (κ1) is 14.3. The lowest BCUT2D eigenvalue weighted by Gasteiger charge is -2.32. The Bertz CT molecular complexity index is 327. The molecule has 2 aliphatic rings. The molecule has 1 amide bonds. The van der Waals surface area contributed by atoms with Crippen molar-refractivity contribution in [3.63, 3.8) is 0 Å². The smallest absolute Gasteiger partial charge is 0.234 e. The lowest BCUT2D eigenvalue weighted by atomic mass is 10.0. The van der Waals surface area contributed by atoms with E-state index in [1.807, 2.05) is 6.07 Å². The second kappa shape index (κ2) is 7.46. The van der Waals surface area contributed by atoms with Gasteiger partial charge in [-0.1, -0.05) is 0 Å². The monoisotopic (exact) mass is 264 g/mol. The van der Waals surface area contributed by atoms with E-state index in [4.69, 9.17) is 5.26 Å². The number of carbonyl (C=O) groups is 1. The van der Waals surface area contributed by atoms with Crippen molar-refractivity contribution in [2.45, 2.75) is 38.1 Å². The van der Waals surface area contributed by atoms with Crippen LogP contribution in [0.3, 0.4) is 0 Å². The van der Waals surface area contributed by atoms with Crippen molar-refractivity contribution in [2.75, 3.05) is 32.7 Å². The van der Waals surface area contributed by atoms with E-state index in [0.29, 0.717) is 25.6 Å². The molecule has 106 valence electrons. The summed E-state index contributed by atoms with van der Waals surface area (Å²) in [5.41, 5.74) is 0. The molecule has 0 atom stereocenters. The highest BCUT2D eigenvalue weighted by molar-refractivity contribution is 5.78. The molecule has 2 fully saturated rings. The fourth-order valence-electron chi connectivity index (χ4n) is 2.47. The second-order valence-corrected chi connectivity index (χ2v) is 5.66. The molecule has 0 aromatic rings. The van der Waals surface area contributed by atoms with E-state index < -0.39 is 0 Å². The van der Waals surface area contributed by atoms with Crippen LogP contribution in [0.15, 0.2) is 0 Å². The van der Waals surface area contributed by atoms with Crippen LogP contribution in [-0.2, 0) is 4.79 Å². The van der Waals surface area contributed by atoms with Gasteiger partial charge in [0.25, 0.3) is 0 Å². The number of nitrogens with one attached hydrogen (secondary N) is 2. The lowest BCUT2D eigenvalue weighted by molar-refractivity contribution is -0.122.